The third kappa shape index (κ3) is 37.1. The zero-order valence-corrected chi connectivity index (χ0v) is 51.7. The Morgan fingerprint density at radius 3 is 1.30 bits per heavy atom. The van der Waals surface area contributed by atoms with Crippen LogP contribution in [0.5, 0.6) is 0 Å². The molecule has 372 valence electrons. The van der Waals surface area contributed by atoms with E-state index in [0.29, 0.717) is 12.4 Å². The minimum Gasteiger partial charge on any atom is -1.00 e. The van der Waals surface area contributed by atoms with E-state index in [2.05, 4.69) is 94.0 Å². The second-order valence-electron chi connectivity index (χ2n) is 10.0. The van der Waals surface area contributed by atoms with Gasteiger partial charge in [-0.1, -0.05) is 19.4 Å². The Hall–Kier alpha value is -0.336. The third-order valence-electron chi connectivity index (χ3n) is 5.86. The fraction of sp³-hybridized carbons (Fsp3) is 0.270. The van der Waals surface area contributed by atoms with Crippen LogP contribution in [0.3, 0.4) is 0 Å². The van der Waals surface area contributed by atoms with Crippen LogP contribution in [0.4, 0.5) is 17.6 Å². The van der Waals surface area contributed by atoms with Gasteiger partial charge in [0.2, 0.25) is 0 Å². The topological polar surface area (TPSA) is 172 Å². The molecule has 5 rings (SSSR count). The summed E-state index contributed by atoms with van der Waals surface area (Å²) in [7, 11) is 8.83. The van der Waals surface area contributed by atoms with Crippen molar-refractivity contribution in [1.82, 2.24) is 15.6 Å². The number of Topliss-reactive ketones (excluding diaryl/α,β-unsaturated/α-hetero) is 1. The second-order valence-corrected chi connectivity index (χ2v) is 17.7. The molecule has 0 fully saturated rings. The number of amides is 2. The summed E-state index contributed by atoms with van der Waals surface area (Å²) < 4.78 is 51.9. The molecule has 0 aliphatic heterocycles. The van der Waals surface area contributed by atoms with Crippen molar-refractivity contribution in [3.8, 4) is 0 Å². The number of unbranched alkanes of at least 4 members (excludes halogenated alkanes) is 1. The van der Waals surface area contributed by atoms with Crippen LogP contribution in [0, 0.1) is 37.6 Å². The van der Waals surface area contributed by atoms with Crippen molar-refractivity contribution in [2.45, 2.75) is 26.7 Å². The summed E-state index contributed by atoms with van der Waals surface area (Å²) in [5.41, 5.74) is 2.43. The minimum absolute atomic E-state index is 0. The van der Waals surface area contributed by atoms with Crippen LogP contribution < -0.4 is 41.3 Å². The van der Waals surface area contributed by atoms with Gasteiger partial charge in [-0.3, -0.25) is 24.1 Å². The number of hydrogen-bond donors (Lipinski definition) is 3. The molecule has 30 heteroatoms. The molecule has 0 saturated heterocycles. The number of carbonyl (C=O) groups excluding carboxylic acids is 3. The molecule has 0 aliphatic carbocycles. The van der Waals surface area contributed by atoms with E-state index in [4.69, 9.17) is 10.2 Å². The minimum atomic E-state index is -1.21. The van der Waals surface area contributed by atoms with Gasteiger partial charge in [0.05, 0.1) is 28.9 Å². The van der Waals surface area contributed by atoms with Crippen molar-refractivity contribution in [1.29, 1.82) is 0 Å². The molecule has 3 N–H and O–H groups in total. The van der Waals surface area contributed by atoms with E-state index in [1.54, 1.807) is 31.7 Å². The van der Waals surface area contributed by atoms with E-state index < -0.39 is 47.0 Å². The van der Waals surface area contributed by atoms with Gasteiger partial charge in [0, 0.05) is 56.3 Å². The van der Waals surface area contributed by atoms with Gasteiger partial charge in [0.25, 0.3) is 11.8 Å². The number of carboxylic acid groups (broad SMARTS) is 2. The first-order valence-electron chi connectivity index (χ1n) is 16.3. The molecule has 0 atom stereocenters. The Bertz CT molecular complexity index is 2040. The van der Waals surface area contributed by atoms with Gasteiger partial charge in [-0.15, -0.1) is 69.1 Å². The quantitative estimate of drug-likeness (QED) is 0.0446. The standard InChI is InChI=1S/C7H7BrFNO2S.C7H8FNO2S.C6H4BrFOS.C5H3FO2S.C5H4O2S.C4H9.C2H7NO.CH3.Br2.BrH.ClH.Li.Mg/c1-10(12-2)7(11)6-4(9)3-5(8)13-6;1-9(11-2)7(10)6-5(8)3-4-12-6;1-3(9)6-4(8)2-5(7)10-6;6-3-1-2-9-4(3)5(7)8;6-5(7)4-2-1-3-8-4;2*1-3-4-2;;1-2;;;;/h3H,1-2H3;3-4H,1-2H3;2H,1H3;1-2H,(H,7,8);1-3H,(H,6,7);1,3-4H2,2H3;3H,1-2H3;1H3;;2*1H;;/q;;;;;-1;;-1;;;;+1;+2/p-1. The average molecular weight is 1400 g/mol. The fourth-order valence-corrected chi connectivity index (χ4v) is 7.47. The van der Waals surface area contributed by atoms with Crippen molar-refractivity contribution >= 4 is 182 Å². The smallest absolute Gasteiger partial charge is 1.00 e. The number of aromatic carboxylic acids is 2. The number of ketones is 1. The van der Waals surface area contributed by atoms with Crippen molar-refractivity contribution < 1.29 is 102 Å². The molecule has 5 heterocycles. The van der Waals surface area contributed by atoms with Gasteiger partial charge in [0.1, 0.15) is 47.7 Å². The van der Waals surface area contributed by atoms with Crippen LogP contribution in [-0.4, -0.2) is 115 Å². The van der Waals surface area contributed by atoms with E-state index in [9.17, 15) is 41.5 Å². The van der Waals surface area contributed by atoms with Gasteiger partial charge in [-0.05, 0) is 78.3 Å². The van der Waals surface area contributed by atoms with E-state index in [1.807, 2.05) is 0 Å². The zero-order valence-electron chi connectivity index (χ0n) is 37.4. The van der Waals surface area contributed by atoms with Crippen molar-refractivity contribution in [3.63, 3.8) is 0 Å². The SMILES string of the molecule is BrBr.CC(=O)c1sc(Br)cc1F.CNOC.CON(C)C(=O)c1sc(Br)cc1F.CON(C)C(=O)c1sccc1F.Cl.O=C(O)c1cccs1.O=C(O)c1sccc1F.[Br-].[CH2-]CCC.[CH3-].[Li+].[Mg+2]. The Labute approximate surface area is 485 Å². The number of carboxylic acids is 2. The van der Waals surface area contributed by atoms with Crippen LogP contribution >= 0.6 is 129 Å². The summed E-state index contributed by atoms with van der Waals surface area (Å²) in [6.45, 7) is 7.07. The first kappa shape index (κ1) is 83.5. The molecule has 0 radical (unpaired) electrons. The summed E-state index contributed by atoms with van der Waals surface area (Å²) in [5.74, 6) is -5.38. The Balaban J connectivity index is -0.000000102. The predicted molar refractivity (Wildman–Crippen MR) is 273 cm³/mol. The van der Waals surface area contributed by atoms with Crippen molar-refractivity contribution in [3.05, 3.63) is 122 Å². The Morgan fingerprint density at radius 1 is 0.731 bits per heavy atom. The van der Waals surface area contributed by atoms with Gasteiger partial charge < -0.3 is 46.4 Å². The maximum atomic E-state index is 13.0. The third-order valence-corrected chi connectivity index (χ3v) is 11.8. The molecule has 5 aromatic heterocycles. The van der Waals surface area contributed by atoms with Gasteiger partial charge >= 0.3 is 53.9 Å². The monoisotopic (exact) mass is 1390 g/mol. The summed E-state index contributed by atoms with van der Waals surface area (Å²) in [6, 6.07) is 8.22. The molecule has 0 bridgehead atoms. The average Bonchev–Trinajstić information content (AvgIpc) is 4.12. The largest absolute Gasteiger partial charge is 2.00 e. The number of rotatable bonds is 9. The maximum absolute atomic E-state index is 13.0. The number of hydroxylamine groups is 5. The second kappa shape index (κ2) is 50.6. The molecule has 2 amide bonds. The number of carbonyl (C=O) groups is 5. The predicted octanol–water partition coefficient (Wildman–Crippen LogP) is 7.27. The van der Waals surface area contributed by atoms with E-state index in [-0.39, 0.29) is 104 Å². The number of thiophene rings is 5. The molecule has 13 nitrogen and oxygen atoms in total. The van der Waals surface area contributed by atoms with Crippen molar-refractivity contribution in [2.75, 3.05) is 42.5 Å². The molecule has 0 aliphatic rings. The molecule has 0 spiro atoms. The molecule has 0 saturated carbocycles. The molecular formula is C37H46Br5ClF4LiMgN3O10S5. The normalized spacial score (nSPS) is 8.55. The van der Waals surface area contributed by atoms with Crippen LogP contribution in [0.2, 0.25) is 0 Å². The first-order valence-corrected chi connectivity index (χ1v) is 25.9. The number of nitrogens with one attached hydrogen (secondary N) is 1. The van der Waals surface area contributed by atoms with Gasteiger partial charge in [-0.2, -0.15) is 6.42 Å². The van der Waals surface area contributed by atoms with Crippen LogP contribution in [0.1, 0.15) is 75.0 Å². The number of halogens is 10. The van der Waals surface area contributed by atoms with Gasteiger partial charge in [-0.25, -0.2) is 42.8 Å². The number of nitrogens with zero attached hydrogens (tertiary/aromatic N) is 2. The van der Waals surface area contributed by atoms with Crippen LogP contribution in [0.25, 0.3) is 0 Å². The summed E-state index contributed by atoms with van der Waals surface area (Å²) in [4.78, 5) is 67.4. The number of hydrogen-bond acceptors (Lipinski definition) is 14. The van der Waals surface area contributed by atoms with E-state index in [0.717, 1.165) is 68.0 Å². The Morgan fingerprint density at radius 2 is 1.10 bits per heavy atom. The maximum Gasteiger partial charge on any atom is 2.00 e. The summed E-state index contributed by atoms with van der Waals surface area (Å²) >= 11 is 17.0. The van der Waals surface area contributed by atoms with E-state index in [1.165, 1.54) is 82.0 Å². The van der Waals surface area contributed by atoms with Gasteiger partial charge in [0.15, 0.2) is 5.78 Å². The summed E-state index contributed by atoms with van der Waals surface area (Å²) in [5, 5.41) is 23.1. The van der Waals surface area contributed by atoms with Crippen LogP contribution in [0.15, 0.2) is 60.1 Å². The fourth-order valence-electron chi connectivity index (χ4n) is 2.81. The molecular weight excluding hydrogens is 1350 g/mol. The van der Waals surface area contributed by atoms with Crippen molar-refractivity contribution in [2.24, 2.45) is 0 Å². The molecule has 5 aromatic rings. The first-order chi connectivity index (χ1) is 29.2. The molecule has 0 aromatic carbocycles. The van der Waals surface area contributed by atoms with Crippen LogP contribution in [-0.2, 0) is 14.5 Å². The molecule has 67 heavy (non-hydrogen) atoms. The summed E-state index contributed by atoms with van der Waals surface area (Å²) in [6.07, 6.45) is 2.28. The Kier molecular flexibility index (Phi) is 63.1. The zero-order chi connectivity index (χ0) is 48.5. The molecule has 0 unspecified atom stereocenters. The van der Waals surface area contributed by atoms with E-state index >= 15 is 0 Å².